The Hall–Kier alpha value is -0.910. The van der Waals surface area contributed by atoms with E-state index in [9.17, 15) is 8.42 Å². The van der Waals surface area contributed by atoms with Gasteiger partial charge in [0.05, 0.1) is 4.90 Å². The minimum Gasteiger partial charge on any atom is -0.329 e. The highest BCUT2D eigenvalue weighted by Crippen LogP contribution is 2.18. The molecule has 0 aliphatic heterocycles. The lowest BCUT2D eigenvalue weighted by molar-refractivity contribution is 0.411. The van der Waals surface area contributed by atoms with Gasteiger partial charge in [0, 0.05) is 12.1 Å². The third-order valence-corrected chi connectivity index (χ3v) is 5.04. The first-order valence-corrected chi connectivity index (χ1v) is 7.54. The fourth-order valence-corrected chi connectivity index (χ4v) is 3.10. The van der Waals surface area contributed by atoms with Crippen LogP contribution in [-0.2, 0) is 10.0 Å². The molecule has 0 aromatic heterocycles. The third-order valence-electron chi connectivity index (χ3n) is 3.40. The van der Waals surface area contributed by atoms with Gasteiger partial charge < -0.3 is 5.73 Å². The number of nitrogens with two attached hydrogens (primary N) is 1. The van der Waals surface area contributed by atoms with Crippen molar-refractivity contribution >= 4 is 10.0 Å². The summed E-state index contributed by atoms with van der Waals surface area (Å²) in [4.78, 5) is 0.290. The highest BCUT2D eigenvalue weighted by atomic mass is 32.2. The maximum Gasteiger partial charge on any atom is 0.241 e. The number of hydrogen-bond donors (Lipinski definition) is 2. The van der Waals surface area contributed by atoms with E-state index in [1.807, 2.05) is 33.8 Å². The van der Waals surface area contributed by atoms with Crippen LogP contribution in [0.1, 0.15) is 31.4 Å². The number of aryl methyl sites for hydroxylation is 2. The molecular formula is C13H22N2O2S. The van der Waals surface area contributed by atoms with E-state index in [1.54, 1.807) is 12.1 Å². The summed E-state index contributed by atoms with van der Waals surface area (Å²) in [7, 11) is -3.51. The molecule has 0 spiro atoms. The van der Waals surface area contributed by atoms with Crippen LogP contribution in [0, 0.1) is 13.8 Å². The van der Waals surface area contributed by atoms with Crippen LogP contribution in [0.25, 0.3) is 0 Å². The maximum atomic E-state index is 12.3. The summed E-state index contributed by atoms with van der Waals surface area (Å²) in [6.45, 7) is 7.85. The fraction of sp³-hybridized carbons (Fsp3) is 0.538. The van der Waals surface area contributed by atoms with Gasteiger partial charge in [-0.15, -0.1) is 0 Å². The van der Waals surface area contributed by atoms with Crippen LogP contribution in [0.4, 0.5) is 0 Å². The number of benzene rings is 1. The topological polar surface area (TPSA) is 72.2 Å². The second-order valence-electron chi connectivity index (χ2n) is 4.97. The molecule has 1 rings (SSSR count). The molecule has 0 saturated carbocycles. The minimum absolute atomic E-state index is 0.271. The van der Waals surface area contributed by atoms with Crippen molar-refractivity contribution in [3.05, 3.63) is 29.3 Å². The zero-order chi connectivity index (χ0) is 14.0. The van der Waals surface area contributed by atoms with Crippen molar-refractivity contribution in [1.29, 1.82) is 0 Å². The monoisotopic (exact) mass is 270 g/mol. The van der Waals surface area contributed by atoms with Crippen LogP contribution < -0.4 is 10.5 Å². The van der Waals surface area contributed by atoms with E-state index in [0.717, 1.165) is 11.1 Å². The number of sulfonamides is 1. The summed E-state index contributed by atoms with van der Waals surface area (Å²) in [5.41, 5.74) is 7.07. The molecular weight excluding hydrogens is 248 g/mol. The second-order valence-corrected chi connectivity index (χ2v) is 6.65. The van der Waals surface area contributed by atoms with Crippen molar-refractivity contribution in [2.24, 2.45) is 5.73 Å². The van der Waals surface area contributed by atoms with E-state index < -0.39 is 15.6 Å². The molecule has 0 bridgehead atoms. The molecule has 1 aromatic carbocycles. The summed E-state index contributed by atoms with van der Waals surface area (Å²) in [6, 6.07) is 5.12. The summed E-state index contributed by atoms with van der Waals surface area (Å²) in [5.74, 6) is 0. The van der Waals surface area contributed by atoms with Gasteiger partial charge in [-0.3, -0.25) is 0 Å². The molecule has 102 valence electrons. The van der Waals surface area contributed by atoms with Gasteiger partial charge in [-0.1, -0.05) is 13.0 Å². The van der Waals surface area contributed by atoms with Crippen molar-refractivity contribution in [3.8, 4) is 0 Å². The van der Waals surface area contributed by atoms with Gasteiger partial charge in [0.2, 0.25) is 10.0 Å². The van der Waals surface area contributed by atoms with E-state index >= 15 is 0 Å². The van der Waals surface area contributed by atoms with E-state index in [4.69, 9.17) is 5.73 Å². The van der Waals surface area contributed by atoms with Crippen LogP contribution in [0.2, 0.25) is 0 Å². The first-order valence-electron chi connectivity index (χ1n) is 6.05. The van der Waals surface area contributed by atoms with Crippen molar-refractivity contribution in [1.82, 2.24) is 4.72 Å². The summed E-state index contributed by atoms with van der Waals surface area (Å²) in [6.07, 6.45) is 0.646. The minimum atomic E-state index is -3.51. The molecule has 0 aliphatic carbocycles. The standard InChI is InChI=1S/C13H22N2O2S/c1-5-13(4,9-14)15-18(16,17)12-7-6-10(2)11(3)8-12/h6-8,15H,5,9,14H2,1-4H3. The molecule has 0 amide bonds. The lowest BCUT2D eigenvalue weighted by atomic mass is 10.0. The predicted octanol–water partition coefficient (Wildman–Crippen LogP) is 1.71. The Balaban J connectivity index is 3.10. The largest absolute Gasteiger partial charge is 0.329 e. The SMILES string of the molecule is CCC(C)(CN)NS(=O)(=O)c1ccc(C)c(C)c1. The average molecular weight is 270 g/mol. The van der Waals surface area contributed by atoms with Crippen LogP contribution in [0.3, 0.4) is 0 Å². The molecule has 1 atom stereocenters. The van der Waals surface area contributed by atoms with Gasteiger partial charge in [-0.05, 0) is 50.5 Å². The summed E-state index contributed by atoms with van der Waals surface area (Å²) >= 11 is 0. The summed E-state index contributed by atoms with van der Waals surface area (Å²) in [5, 5.41) is 0. The zero-order valence-corrected chi connectivity index (χ0v) is 12.3. The van der Waals surface area contributed by atoms with Gasteiger partial charge >= 0.3 is 0 Å². The van der Waals surface area contributed by atoms with Gasteiger partial charge in [0.25, 0.3) is 0 Å². The molecule has 0 fully saturated rings. The Morgan fingerprint density at radius 3 is 2.33 bits per heavy atom. The Kier molecular flexibility index (Phi) is 4.53. The van der Waals surface area contributed by atoms with E-state index in [2.05, 4.69) is 4.72 Å². The lowest BCUT2D eigenvalue weighted by Crippen LogP contribution is -2.50. The van der Waals surface area contributed by atoms with Crippen molar-refractivity contribution in [2.45, 2.75) is 44.6 Å². The Labute approximate surface area is 110 Å². The van der Waals surface area contributed by atoms with Gasteiger partial charge in [0.1, 0.15) is 0 Å². The molecule has 0 aliphatic rings. The average Bonchev–Trinajstić information content (AvgIpc) is 2.32. The smallest absolute Gasteiger partial charge is 0.241 e. The van der Waals surface area contributed by atoms with Crippen LogP contribution in [0.5, 0.6) is 0 Å². The van der Waals surface area contributed by atoms with Crippen molar-refractivity contribution in [3.63, 3.8) is 0 Å². The Morgan fingerprint density at radius 2 is 1.89 bits per heavy atom. The Bertz CT molecular complexity index is 520. The normalized spacial score (nSPS) is 15.4. The predicted molar refractivity (Wildman–Crippen MR) is 74.0 cm³/mol. The van der Waals surface area contributed by atoms with Crippen LogP contribution in [-0.4, -0.2) is 20.5 Å². The first-order chi connectivity index (χ1) is 8.24. The molecule has 1 aromatic rings. The highest BCUT2D eigenvalue weighted by Gasteiger charge is 2.27. The summed E-state index contributed by atoms with van der Waals surface area (Å²) < 4.78 is 27.2. The molecule has 0 heterocycles. The molecule has 3 N–H and O–H groups in total. The number of rotatable bonds is 5. The molecule has 4 nitrogen and oxygen atoms in total. The van der Waals surface area contributed by atoms with E-state index in [1.165, 1.54) is 0 Å². The third kappa shape index (κ3) is 3.31. The molecule has 18 heavy (non-hydrogen) atoms. The van der Waals surface area contributed by atoms with E-state index in [-0.39, 0.29) is 6.54 Å². The van der Waals surface area contributed by atoms with Crippen molar-refractivity contribution in [2.75, 3.05) is 6.54 Å². The molecule has 5 heteroatoms. The quantitative estimate of drug-likeness (QED) is 0.855. The number of nitrogens with one attached hydrogen (secondary N) is 1. The van der Waals surface area contributed by atoms with Crippen LogP contribution in [0.15, 0.2) is 23.1 Å². The van der Waals surface area contributed by atoms with Gasteiger partial charge in [0.15, 0.2) is 0 Å². The Morgan fingerprint density at radius 1 is 1.28 bits per heavy atom. The molecule has 0 saturated heterocycles. The molecule has 1 unspecified atom stereocenters. The van der Waals surface area contributed by atoms with Gasteiger partial charge in [-0.25, -0.2) is 13.1 Å². The van der Waals surface area contributed by atoms with Gasteiger partial charge in [-0.2, -0.15) is 0 Å². The number of hydrogen-bond acceptors (Lipinski definition) is 3. The van der Waals surface area contributed by atoms with E-state index in [0.29, 0.717) is 11.3 Å². The van der Waals surface area contributed by atoms with Crippen LogP contribution >= 0.6 is 0 Å². The maximum absolute atomic E-state index is 12.3. The zero-order valence-electron chi connectivity index (χ0n) is 11.4. The van der Waals surface area contributed by atoms with Crippen molar-refractivity contribution < 1.29 is 8.42 Å². The fourth-order valence-electron chi connectivity index (χ4n) is 1.52. The lowest BCUT2D eigenvalue weighted by Gasteiger charge is -2.27. The highest BCUT2D eigenvalue weighted by molar-refractivity contribution is 7.89. The molecule has 0 radical (unpaired) electrons. The second kappa shape index (κ2) is 5.38. The first kappa shape index (κ1) is 15.1.